The van der Waals surface area contributed by atoms with Crippen LogP contribution in [0.1, 0.15) is 67.9 Å². The maximum Gasteiger partial charge on any atom is 0.170 e. The van der Waals surface area contributed by atoms with Gasteiger partial charge >= 0.3 is 0 Å². The predicted octanol–water partition coefficient (Wildman–Crippen LogP) is 4.31. The van der Waals surface area contributed by atoms with E-state index in [1.807, 2.05) is 12.3 Å². The fraction of sp³-hybridized carbons (Fsp3) is 0.565. The van der Waals surface area contributed by atoms with Gasteiger partial charge in [-0.3, -0.25) is 4.98 Å². The van der Waals surface area contributed by atoms with Crippen molar-refractivity contribution in [2.45, 2.75) is 56.7 Å². The van der Waals surface area contributed by atoms with E-state index in [1.165, 1.54) is 37.7 Å². The summed E-state index contributed by atoms with van der Waals surface area (Å²) in [5.41, 5.74) is 2.39. The van der Waals surface area contributed by atoms with Crippen LogP contribution in [0.3, 0.4) is 0 Å². The number of nitrogens with one attached hydrogen (secondary N) is 1. The molecule has 2 aliphatic rings. The molecule has 2 fully saturated rings. The first-order valence-corrected chi connectivity index (χ1v) is 11.3. The minimum atomic E-state index is 0.0882. The number of nitrogens with zero attached hydrogens (tertiary/aromatic N) is 4. The van der Waals surface area contributed by atoms with Crippen LogP contribution in [0.15, 0.2) is 42.9 Å². The fourth-order valence-corrected chi connectivity index (χ4v) is 5.11. The maximum absolute atomic E-state index is 5.77. The van der Waals surface area contributed by atoms with Crippen LogP contribution >= 0.6 is 12.2 Å². The normalized spacial score (nSPS) is 23.0. The van der Waals surface area contributed by atoms with Gasteiger partial charge in [0.15, 0.2) is 5.11 Å². The minimum absolute atomic E-state index is 0.0882. The number of rotatable bonds is 7. The Morgan fingerprint density at radius 1 is 1.17 bits per heavy atom. The molecule has 29 heavy (non-hydrogen) atoms. The molecular formula is C23H33N5S. The van der Waals surface area contributed by atoms with E-state index in [9.17, 15) is 0 Å². The van der Waals surface area contributed by atoms with Gasteiger partial charge in [-0.15, -0.1) is 0 Å². The van der Waals surface area contributed by atoms with Gasteiger partial charge in [0, 0.05) is 31.2 Å². The van der Waals surface area contributed by atoms with E-state index >= 15 is 0 Å². The Morgan fingerprint density at radius 2 is 2.00 bits per heavy atom. The van der Waals surface area contributed by atoms with Crippen molar-refractivity contribution in [3.63, 3.8) is 0 Å². The minimum Gasteiger partial charge on any atom is -0.352 e. The Hall–Kier alpha value is -1.92. The molecule has 6 heteroatoms. The van der Waals surface area contributed by atoms with Gasteiger partial charge in [0.05, 0.1) is 17.8 Å². The van der Waals surface area contributed by atoms with Gasteiger partial charge in [0.2, 0.25) is 0 Å². The third-order valence-corrected chi connectivity index (χ3v) is 6.63. The summed E-state index contributed by atoms with van der Waals surface area (Å²) in [7, 11) is 4.25. The SMILES string of the molecule is CN(C)CCCN1C(=S)N[C@H](c2ccccn2)[C@@H]1c1ccn(C2CCCCC2)c1. The van der Waals surface area contributed by atoms with E-state index in [0.717, 1.165) is 30.3 Å². The molecule has 0 aromatic carbocycles. The third kappa shape index (κ3) is 4.64. The van der Waals surface area contributed by atoms with Crippen molar-refractivity contribution >= 4 is 17.3 Å². The summed E-state index contributed by atoms with van der Waals surface area (Å²) < 4.78 is 2.45. The van der Waals surface area contributed by atoms with Gasteiger partial charge in [0.25, 0.3) is 0 Å². The summed E-state index contributed by atoms with van der Waals surface area (Å²) in [5.74, 6) is 0. The summed E-state index contributed by atoms with van der Waals surface area (Å²) in [6, 6.07) is 9.36. The van der Waals surface area contributed by atoms with Gasteiger partial charge < -0.3 is 19.7 Å². The monoisotopic (exact) mass is 411 g/mol. The van der Waals surface area contributed by atoms with Gasteiger partial charge in [-0.25, -0.2) is 0 Å². The van der Waals surface area contributed by atoms with E-state index in [4.69, 9.17) is 12.2 Å². The van der Waals surface area contributed by atoms with Crippen molar-refractivity contribution in [2.24, 2.45) is 0 Å². The highest BCUT2D eigenvalue weighted by atomic mass is 32.1. The lowest BCUT2D eigenvalue weighted by atomic mass is 9.95. The van der Waals surface area contributed by atoms with Crippen LogP contribution in [-0.2, 0) is 0 Å². The van der Waals surface area contributed by atoms with Crippen molar-refractivity contribution in [2.75, 3.05) is 27.2 Å². The first-order chi connectivity index (χ1) is 14.1. The summed E-state index contributed by atoms with van der Waals surface area (Å²) in [6.45, 7) is 2.01. The molecule has 2 aromatic heterocycles. The Kier molecular flexibility index (Phi) is 6.50. The highest BCUT2D eigenvalue weighted by molar-refractivity contribution is 7.80. The zero-order valence-electron chi connectivity index (χ0n) is 17.6. The lowest BCUT2D eigenvalue weighted by molar-refractivity contribution is 0.292. The molecule has 0 bridgehead atoms. The van der Waals surface area contributed by atoms with Crippen molar-refractivity contribution in [3.05, 3.63) is 54.1 Å². The predicted molar refractivity (Wildman–Crippen MR) is 122 cm³/mol. The standard InChI is InChI=1S/C23H33N5S/c1-26(2)14-8-15-28-22(21(25-23(28)29)20-11-6-7-13-24-20)18-12-16-27(17-18)19-9-4-3-5-10-19/h6-7,11-13,16-17,19,21-22H,3-5,8-10,14-15H2,1-2H3,(H,25,29)/t21-,22+/m1/s1. The van der Waals surface area contributed by atoms with Crippen LogP contribution < -0.4 is 5.32 Å². The van der Waals surface area contributed by atoms with Crippen LogP contribution in [0.2, 0.25) is 0 Å². The van der Waals surface area contributed by atoms with Crippen LogP contribution in [0.5, 0.6) is 0 Å². The Balaban J connectivity index is 1.60. The molecule has 156 valence electrons. The number of hydrogen-bond donors (Lipinski definition) is 1. The highest BCUT2D eigenvalue weighted by Crippen LogP contribution is 2.39. The van der Waals surface area contributed by atoms with Gasteiger partial charge in [0.1, 0.15) is 0 Å². The van der Waals surface area contributed by atoms with Gasteiger partial charge in [-0.05, 0) is 75.9 Å². The Bertz CT molecular complexity index is 797. The van der Waals surface area contributed by atoms with Crippen LogP contribution in [0, 0.1) is 0 Å². The van der Waals surface area contributed by atoms with E-state index in [-0.39, 0.29) is 12.1 Å². The summed E-state index contributed by atoms with van der Waals surface area (Å²) in [5, 5.41) is 4.41. The lowest BCUT2D eigenvalue weighted by Gasteiger charge is -2.28. The first kappa shape index (κ1) is 20.4. The molecule has 1 aliphatic heterocycles. The smallest absolute Gasteiger partial charge is 0.170 e. The molecule has 0 unspecified atom stereocenters. The second-order valence-electron chi connectivity index (χ2n) is 8.66. The van der Waals surface area contributed by atoms with Crippen molar-refractivity contribution in [3.8, 4) is 0 Å². The second-order valence-corrected chi connectivity index (χ2v) is 9.05. The molecule has 0 spiro atoms. The average molecular weight is 412 g/mol. The van der Waals surface area contributed by atoms with Crippen molar-refractivity contribution in [1.82, 2.24) is 24.7 Å². The number of hydrogen-bond acceptors (Lipinski definition) is 3. The Morgan fingerprint density at radius 3 is 2.72 bits per heavy atom. The summed E-state index contributed by atoms with van der Waals surface area (Å²) in [6.07, 6.45) is 14.3. The number of pyridine rings is 1. The van der Waals surface area contributed by atoms with Crippen LogP contribution in [-0.4, -0.2) is 51.6 Å². The van der Waals surface area contributed by atoms with Crippen molar-refractivity contribution in [1.29, 1.82) is 0 Å². The lowest BCUT2D eigenvalue weighted by Crippen LogP contribution is -2.32. The topological polar surface area (TPSA) is 36.3 Å². The number of aromatic nitrogens is 2. The second kappa shape index (κ2) is 9.26. The van der Waals surface area contributed by atoms with Gasteiger partial charge in [-0.2, -0.15) is 0 Å². The molecule has 2 aromatic rings. The largest absolute Gasteiger partial charge is 0.352 e. The summed E-state index contributed by atoms with van der Waals surface area (Å²) >= 11 is 5.77. The van der Waals surface area contributed by atoms with Crippen LogP contribution in [0.25, 0.3) is 0 Å². The third-order valence-electron chi connectivity index (χ3n) is 6.28. The van der Waals surface area contributed by atoms with E-state index in [0.29, 0.717) is 6.04 Å². The maximum atomic E-state index is 5.77. The van der Waals surface area contributed by atoms with E-state index < -0.39 is 0 Å². The molecule has 1 saturated heterocycles. The Labute approximate surface area is 180 Å². The molecule has 3 heterocycles. The highest BCUT2D eigenvalue weighted by Gasteiger charge is 2.39. The molecular weight excluding hydrogens is 378 g/mol. The van der Waals surface area contributed by atoms with Gasteiger partial charge in [-0.1, -0.05) is 25.3 Å². The number of thiocarbonyl (C=S) groups is 1. The van der Waals surface area contributed by atoms with E-state index in [2.05, 4.69) is 69.4 Å². The average Bonchev–Trinajstić information content (AvgIpc) is 3.34. The van der Waals surface area contributed by atoms with Crippen molar-refractivity contribution < 1.29 is 0 Å². The fourth-order valence-electron chi connectivity index (χ4n) is 4.78. The zero-order chi connectivity index (χ0) is 20.2. The molecule has 0 radical (unpaired) electrons. The quantitative estimate of drug-likeness (QED) is 0.687. The molecule has 1 saturated carbocycles. The van der Waals surface area contributed by atoms with E-state index in [1.54, 1.807) is 0 Å². The zero-order valence-corrected chi connectivity index (χ0v) is 18.4. The molecule has 0 amide bonds. The summed E-state index contributed by atoms with van der Waals surface area (Å²) in [4.78, 5) is 9.25. The van der Waals surface area contributed by atoms with Crippen LogP contribution in [0.4, 0.5) is 0 Å². The molecule has 1 N–H and O–H groups in total. The molecule has 5 nitrogen and oxygen atoms in total. The molecule has 1 aliphatic carbocycles. The molecule has 2 atom stereocenters. The molecule has 4 rings (SSSR count). The first-order valence-electron chi connectivity index (χ1n) is 10.9.